The first-order chi connectivity index (χ1) is 10.2. The number of anilines is 1. The molecule has 1 aromatic heterocycles. The summed E-state index contributed by atoms with van der Waals surface area (Å²) in [4.78, 5) is 9.46. The Bertz CT molecular complexity index is 429. The molecule has 2 fully saturated rings. The minimum absolute atomic E-state index is 0.301. The zero-order valence-electron chi connectivity index (χ0n) is 13.1. The van der Waals surface area contributed by atoms with Crippen molar-refractivity contribution in [2.45, 2.75) is 45.1 Å². The third-order valence-electron chi connectivity index (χ3n) is 4.95. The molecule has 6 heteroatoms. The van der Waals surface area contributed by atoms with Crippen LogP contribution in [0.3, 0.4) is 0 Å². The Labute approximate surface area is 127 Å². The minimum Gasteiger partial charge on any atom is -0.340 e. The van der Waals surface area contributed by atoms with Gasteiger partial charge < -0.3 is 15.5 Å². The molecule has 0 aliphatic carbocycles. The summed E-state index contributed by atoms with van der Waals surface area (Å²) < 4.78 is 0. The van der Waals surface area contributed by atoms with Crippen molar-refractivity contribution in [3.8, 4) is 0 Å². The second kappa shape index (κ2) is 6.75. The molecule has 118 valence electrons. The van der Waals surface area contributed by atoms with E-state index in [1.54, 1.807) is 0 Å². The maximum atomic E-state index is 5.99. The number of aromatic amines is 1. The van der Waals surface area contributed by atoms with Gasteiger partial charge in [0.05, 0.1) is 0 Å². The van der Waals surface area contributed by atoms with Gasteiger partial charge in [0.1, 0.15) is 5.82 Å². The number of piperidine rings is 1. The summed E-state index contributed by atoms with van der Waals surface area (Å²) in [5.74, 6) is 2.54. The summed E-state index contributed by atoms with van der Waals surface area (Å²) in [5.41, 5.74) is 5.99. The van der Waals surface area contributed by atoms with Gasteiger partial charge in [0.2, 0.25) is 5.95 Å². The number of likely N-dealkylation sites (tertiary alicyclic amines) is 1. The first kappa shape index (κ1) is 14.8. The van der Waals surface area contributed by atoms with E-state index in [9.17, 15) is 0 Å². The molecule has 0 amide bonds. The summed E-state index contributed by atoms with van der Waals surface area (Å²) in [6.45, 7) is 7.74. The van der Waals surface area contributed by atoms with Crippen molar-refractivity contribution < 1.29 is 0 Å². The van der Waals surface area contributed by atoms with Crippen LogP contribution in [0.5, 0.6) is 0 Å². The summed E-state index contributed by atoms with van der Waals surface area (Å²) in [5, 5.41) is 7.50. The molecule has 6 nitrogen and oxygen atoms in total. The summed E-state index contributed by atoms with van der Waals surface area (Å²) in [6, 6.07) is 0.301. The lowest BCUT2D eigenvalue weighted by atomic mass is 9.91. The van der Waals surface area contributed by atoms with Crippen LogP contribution in [-0.2, 0) is 6.42 Å². The van der Waals surface area contributed by atoms with E-state index in [1.807, 2.05) is 0 Å². The van der Waals surface area contributed by atoms with Gasteiger partial charge >= 0.3 is 0 Å². The Morgan fingerprint density at radius 2 is 1.95 bits per heavy atom. The zero-order chi connectivity index (χ0) is 14.7. The molecule has 2 aliphatic heterocycles. The van der Waals surface area contributed by atoms with Crippen LogP contribution in [0.4, 0.5) is 5.95 Å². The Hall–Kier alpha value is -1.14. The summed E-state index contributed by atoms with van der Waals surface area (Å²) in [6.07, 6.45) is 5.96. The van der Waals surface area contributed by atoms with E-state index < -0.39 is 0 Å². The van der Waals surface area contributed by atoms with Crippen molar-refractivity contribution >= 4 is 5.95 Å². The average molecular weight is 292 g/mol. The molecule has 3 heterocycles. The van der Waals surface area contributed by atoms with Crippen LogP contribution in [0.2, 0.25) is 0 Å². The molecule has 0 saturated carbocycles. The predicted octanol–water partition coefficient (Wildman–Crippen LogP) is 1.01. The van der Waals surface area contributed by atoms with Crippen molar-refractivity contribution in [2.75, 3.05) is 37.6 Å². The number of aromatic nitrogens is 3. The van der Waals surface area contributed by atoms with E-state index in [0.29, 0.717) is 12.0 Å². The van der Waals surface area contributed by atoms with Crippen LogP contribution < -0.4 is 10.6 Å². The van der Waals surface area contributed by atoms with E-state index in [1.165, 1.54) is 25.9 Å². The Balaban J connectivity index is 1.48. The Kier molecular flexibility index (Phi) is 4.75. The lowest BCUT2D eigenvalue weighted by Crippen LogP contribution is -2.40. The monoisotopic (exact) mass is 292 g/mol. The molecule has 2 aliphatic rings. The summed E-state index contributed by atoms with van der Waals surface area (Å²) >= 11 is 0. The Morgan fingerprint density at radius 3 is 2.62 bits per heavy atom. The topological polar surface area (TPSA) is 74.1 Å². The first-order valence-corrected chi connectivity index (χ1v) is 8.36. The second-order valence-electron chi connectivity index (χ2n) is 6.56. The molecular weight excluding hydrogens is 264 g/mol. The molecule has 1 aromatic rings. The number of hydrogen-bond acceptors (Lipinski definition) is 5. The van der Waals surface area contributed by atoms with E-state index in [4.69, 9.17) is 5.73 Å². The van der Waals surface area contributed by atoms with Crippen LogP contribution in [0.15, 0.2) is 0 Å². The van der Waals surface area contributed by atoms with Crippen LogP contribution >= 0.6 is 0 Å². The quantitative estimate of drug-likeness (QED) is 0.847. The van der Waals surface area contributed by atoms with Gasteiger partial charge in [0, 0.05) is 32.1 Å². The van der Waals surface area contributed by atoms with Crippen molar-refractivity contribution in [1.82, 2.24) is 20.1 Å². The lowest BCUT2D eigenvalue weighted by molar-refractivity contribution is 0.341. The maximum Gasteiger partial charge on any atom is 0.244 e. The van der Waals surface area contributed by atoms with Gasteiger partial charge in [0.25, 0.3) is 0 Å². The first-order valence-electron chi connectivity index (χ1n) is 8.36. The minimum atomic E-state index is 0.301. The van der Waals surface area contributed by atoms with Crippen molar-refractivity contribution in [2.24, 2.45) is 11.7 Å². The fourth-order valence-corrected chi connectivity index (χ4v) is 3.43. The SMILES string of the molecule is CC(N)C1CCN(c2n[nH]c(CCN3CCCC3)n2)CC1. The zero-order valence-corrected chi connectivity index (χ0v) is 13.1. The molecule has 0 bridgehead atoms. The highest BCUT2D eigenvalue weighted by Crippen LogP contribution is 2.22. The molecule has 1 unspecified atom stereocenters. The van der Waals surface area contributed by atoms with Crippen LogP contribution in [0.25, 0.3) is 0 Å². The van der Waals surface area contributed by atoms with E-state index >= 15 is 0 Å². The van der Waals surface area contributed by atoms with Crippen molar-refractivity contribution in [3.05, 3.63) is 5.82 Å². The Morgan fingerprint density at radius 1 is 1.24 bits per heavy atom. The molecule has 21 heavy (non-hydrogen) atoms. The summed E-state index contributed by atoms with van der Waals surface area (Å²) in [7, 11) is 0. The van der Waals surface area contributed by atoms with Crippen molar-refractivity contribution in [3.63, 3.8) is 0 Å². The number of rotatable bonds is 5. The van der Waals surface area contributed by atoms with E-state index in [0.717, 1.165) is 50.7 Å². The van der Waals surface area contributed by atoms with Gasteiger partial charge in [-0.05, 0) is 51.6 Å². The molecule has 3 rings (SSSR count). The second-order valence-corrected chi connectivity index (χ2v) is 6.56. The smallest absolute Gasteiger partial charge is 0.244 e. The molecule has 0 aromatic carbocycles. The number of nitrogens with one attached hydrogen (secondary N) is 1. The third kappa shape index (κ3) is 3.74. The normalized spacial score (nSPS) is 22.9. The third-order valence-corrected chi connectivity index (χ3v) is 4.95. The fraction of sp³-hybridized carbons (Fsp3) is 0.867. The largest absolute Gasteiger partial charge is 0.340 e. The standard InChI is InChI=1S/C15H28N6/c1-12(16)13-4-10-21(11-5-13)15-17-14(18-19-15)6-9-20-7-2-3-8-20/h12-13H,2-11,16H2,1H3,(H,17,18,19). The number of nitrogens with zero attached hydrogens (tertiary/aromatic N) is 4. The van der Waals surface area contributed by atoms with Gasteiger partial charge in [0.15, 0.2) is 0 Å². The number of nitrogens with two attached hydrogens (primary N) is 1. The molecule has 3 N–H and O–H groups in total. The predicted molar refractivity (Wildman–Crippen MR) is 84.3 cm³/mol. The molecular formula is C15H28N6. The maximum absolute atomic E-state index is 5.99. The van der Waals surface area contributed by atoms with E-state index in [-0.39, 0.29) is 0 Å². The van der Waals surface area contributed by atoms with E-state index in [2.05, 4.69) is 31.9 Å². The number of hydrogen-bond donors (Lipinski definition) is 2. The molecule has 0 radical (unpaired) electrons. The van der Waals surface area contributed by atoms with Gasteiger partial charge in [-0.25, -0.2) is 0 Å². The molecule has 2 saturated heterocycles. The van der Waals surface area contributed by atoms with Crippen molar-refractivity contribution in [1.29, 1.82) is 0 Å². The lowest BCUT2D eigenvalue weighted by Gasteiger charge is -2.32. The van der Waals surface area contributed by atoms with Crippen LogP contribution in [0.1, 0.15) is 38.4 Å². The highest BCUT2D eigenvalue weighted by molar-refractivity contribution is 5.29. The van der Waals surface area contributed by atoms with Gasteiger partial charge in [-0.1, -0.05) is 0 Å². The van der Waals surface area contributed by atoms with Gasteiger partial charge in [-0.3, -0.25) is 5.10 Å². The highest BCUT2D eigenvalue weighted by atomic mass is 15.4. The van der Waals surface area contributed by atoms with Gasteiger partial charge in [-0.2, -0.15) is 4.98 Å². The van der Waals surface area contributed by atoms with Crippen LogP contribution in [-0.4, -0.2) is 58.8 Å². The molecule has 1 atom stereocenters. The fourth-order valence-electron chi connectivity index (χ4n) is 3.43. The molecule has 0 spiro atoms. The number of H-pyrrole nitrogens is 1. The highest BCUT2D eigenvalue weighted by Gasteiger charge is 2.24. The average Bonchev–Trinajstić information content (AvgIpc) is 3.17. The van der Waals surface area contributed by atoms with Crippen LogP contribution in [0, 0.1) is 5.92 Å². The van der Waals surface area contributed by atoms with Gasteiger partial charge in [-0.15, -0.1) is 5.10 Å².